The molecule has 0 aliphatic rings. The lowest BCUT2D eigenvalue weighted by Crippen LogP contribution is -1.92. The first kappa shape index (κ1) is 23.4. The maximum atomic E-state index is 11.7. The van der Waals surface area contributed by atoms with Gasteiger partial charge in [0.2, 0.25) is 23.0 Å². The Bertz CT molecular complexity index is 2120. The third kappa shape index (κ3) is 2.90. The van der Waals surface area contributed by atoms with E-state index in [0.717, 1.165) is 21.9 Å². The molecule has 7 aromatic rings. The fourth-order valence-corrected chi connectivity index (χ4v) is 5.68. The van der Waals surface area contributed by atoms with E-state index in [1.165, 1.54) is 0 Å². The van der Waals surface area contributed by atoms with Crippen molar-refractivity contribution < 1.29 is 40.2 Å². The van der Waals surface area contributed by atoms with Gasteiger partial charge in [0.15, 0.2) is 22.7 Å². The molecule has 6 aromatic carbocycles. The Kier molecular flexibility index (Phi) is 4.74. The van der Waals surface area contributed by atoms with Gasteiger partial charge >= 0.3 is 0 Å². The highest BCUT2D eigenvalue weighted by atomic mass is 16.4. The van der Waals surface area contributed by atoms with Crippen LogP contribution in [0.15, 0.2) is 83.3 Å². The third-order valence-corrected chi connectivity index (χ3v) is 7.43. The van der Waals surface area contributed by atoms with Crippen LogP contribution in [0.2, 0.25) is 0 Å². The maximum absolute atomic E-state index is 11.7. The number of benzene rings is 6. The van der Waals surface area contributed by atoms with Gasteiger partial charge in [-0.25, -0.2) is 0 Å². The van der Waals surface area contributed by atoms with Crippen LogP contribution >= 0.6 is 0 Å². The van der Waals surface area contributed by atoms with E-state index in [1.807, 2.05) is 78.9 Å². The highest BCUT2D eigenvalue weighted by molar-refractivity contribution is 6.25. The summed E-state index contributed by atoms with van der Waals surface area (Å²) in [6.07, 6.45) is 0. The predicted octanol–water partition coefficient (Wildman–Crippen LogP) is 7.17. The second kappa shape index (κ2) is 8.12. The van der Waals surface area contributed by atoms with Crippen molar-refractivity contribution in [2.24, 2.45) is 0 Å². The van der Waals surface area contributed by atoms with Crippen LogP contribution < -0.4 is 0 Å². The van der Waals surface area contributed by atoms with Crippen molar-refractivity contribution >= 4 is 43.5 Å². The fourth-order valence-electron chi connectivity index (χ4n) is 5.68. The molecule has 0 aliphatic carbocycles. The Balaban J connectivity index is 1.72. The van der Waals surface area contributed by atoms with Crippen molar-refractivity contribution in [1.82, 2.24) is 0 Å². The van der Waals surface area contributed by atoms with Crippen LogP contribution in [0.4, 0.5) is 0 Å². The molecule has 1 heterocycles. The SMILES string of the molecule is Oc1c(O)c(O)c2c(oc3c(O)c(O)c(-c4c5ccccc5c(-c5ccccc5)c5ccccc45)c(O)c32)c1O. The van der Waals surface area contributed by atoms with Crippen LogP contribution in [0.25, 0.3) is 65.7 Å². The molecule has 7 rings (SSSR count). The fraction of sp³-hybridized carbons (Fsp3) is 0. The second-order valence-corrected chi connectivity index (χ2v) is 9.53. The smallest absolute Gasteiger partial charge is 0.208 e. The summed E-state index contributed by atoms with van der Waals surface area (Å²) in [6, 6.07) is 24.7. The minimum Gasteiger partial charge on any atom is -0.506 e. The van der Waals surface area contributed by atoms with E-state index in [9.17, 15) is 35.7 Å². The van der Waals surface area contributed by atoms with E-state index in [2.05, 4.69) is 0 Å². The summed E-state index contributed by atoms with van der Waals surface area (Å²) >= 11 is 0. The normalized spacial score (nSPS) is 11.7. The number of hydrogen-bond donors (Lipinski definition) is 7. The number of fused-ring (bicyclic) bond motifs is 5. The number of rotatable bonds is 2. The lowest BCUT2D eigenvalue weighted by molar-refractivity contribution is 0.348. The van der Waals surface area contributed by atoms with E-state index in [0.29, 0.717) is 16.3 Å². The first-order valence-electron chi connectivity index (χ1n) is 12.3. The van der Waals surface area contributed by atoms with Crippen LogP contribution in [0.5, 0.6) is 40.2 Å². The van der Waals surface area contributed by atoms with Gasteiger partial charge < -0.3 is 40.2 Å². The quantitative estimate of drug-likeness (QED) is 0.0702. The van der Waals surface area contributed by atoms with Gasteiger partial charge in [0.25, 0.3) is 0 Å². The lowest BCUT2D eigenvalue weighted by atomic mass is 9.85. The maximum Gasteiger partial charge on any atom is 0.208 e. The Hall–Kier alpha value is -5.76. The van der Waals surface area contributed by atoms with Crippen molar-refractivity contribution in [3.8, 4) is 62.5 Å². The van der Waals surface area contributed by atoms with Crippen LogP contribution in [-0.4, -0.2) is 35.7 Å². The molecular weight excluding hydrogens is 512 g/mol. The van der Waals surface area contributed by atoms with Gasteiger partial charge in [0.05, 0.1) is 16.3 Å². The van der Waals surface area contributed by atoms with Gasteiger partial charge in [-0.15, -0.1) is 0 Å². The molecule has 7 N–H and O–H groups in total. The van der Waals surface area contributed by atoms with Crippen LogP contribution in [-0.2, 0) is 0 Å². The molecule has 0 radical (unpaired) electrons. The zero-order valence-electron chi connectivity index (χ0n) is 20.5. The van der Waals surface area contributed by atoms with Crippen molar-refractivity contribution in [2.45, 2.75) is 0 Å². The Morgan fingerprint density at radius 1 is 0.350 bits per heavy atom. The molecular formula is C32H20O8. The average molecular weight is 533 g/mol. The first-order valence-corrected chi connectivity index (χ1v) is 12.3. The Morgan fingerprint density at radius 3 is 1.32 bits per heavy atom. The van der Waals surface area contributed by atoms with Gasteiger partial charge in [0.1, 0.15) is 5.75 Å². The van der Waals surface area contributed by atoms with Gasteiger partial charge in [0, 0.05) is 5.56 Å². The number of phenolic OH excluding ortho intramolecular Hbond substituents is 7. The van der Waals surface area contributed by atoms with E-state index >= 15 is 0 Å². The minimum atomic E-state index is -1.04. The minimum absolute atomic E-state index is 0.147. The van der Waals surface area contributed by atoms with Gasteiger partial charge in [-0.05, 0) is 32.7 Å². The molecule has 0 amide bonds. The largest absolute Gasteiger partial charge is 0.506 e. The topological polar surface area (TPSA) is 155 Å². The number of furan rings is 1. The summed E-state index contributed by atoms with van der Waals surface area (Å²) < 4.78 is 5.48. The second-order valence-electron chi connectivity index (χ2n) is 9.53. The lowest BCUT2D eigenvalue weighted by Gasteiger charge is -2.19. The molecule has 0 atom stereocenters. The highest BCUT2D eigenvalue weighted by Crippen LogP contribution is 2.59. The molecule has 0 aliphatic heterocycles. The van der Waals surface area contributed by atoms with Gasteiger partial charge in [-0.1, -0.05) is 78.9 Å². The van der Waals surface area contributed by atoms with Gasteiger partial charge in [-0.2, -0.15) is 0 Å². The summed E-state index contributed by atoms with van der Waals surface area (Å²) in [5, 5.41) is 77.7. The number of phenols is 7. The number of hydrogen-bond acceptors (Lipinski definition) is 8. The molecule has 0 bridgehead atoms. The van der Waals surface area contributed by atoms with E-state index in [-0.39, 0.29) is 16.3 Å². The third-order valence-electron chi connectivity index (χ3n) is 7.43. The molecule has 1 aromatic heterocycles. The van der Waals surface area contributed by atoms with Crippen LogP contribution in [0, 0.1) is 0 Å². The van der Waals surface area contributed by atoms with E-state index in [1.54, 1.807) is 0 Å². The van der Waals surface area contributed by atoms with Crippen LogP contribution in [0.1, 0.15) is 0 Å². The Morgan fingerprint density at radius 2 is 0.775 bits per heavy atom. The summed E-state index contributed by atoms with van der Waals surface area (Å²) in [4.78, 5) is 0. The van der Waals surface area contributed by atoms with Crippen LogP contribution in [0.3, 0.4) is 0 Å². The zero-order valence-corrected chi connectivity index (χ0v) is 20.5. The van der Waals surface area contributed by atoms with E-state index in [4.69, 9.17) is 4.42 Å². The molecule has 0 unspecified atom stereocenters. The molecule has 0 saturated heterocycles. The predicted molar refractivity (Wildman–Crippen MR) is 151 cm³/mol. The molecule has 40 heavy (non-hydrogen) atoms. The standard InChI is InChI=1S/C32H20O8/c33-24-21(25(34)29(38)31-22(24)23-26(35)27(36)28(37)30(39)32(23)40-31)20-17-12-6-4-10-15(17)19(14-8-2-1-3-9-14)16-11-5-7-13-18(16)20/h1-13,33-39H. The van der Waals surface area contributed by atoms with Crippen molar-refractivity contribution in [1.29, 1.82) is 0 Å². The van der Waals surface area contributed by atoms with Crippen molar-refractivity contribution in [2.75, 3.05) is 0 Å². The monoisotopic (exact) mass is 532 g/mol. The van der Waals surface area contributed by atoms with Crippen molar-refractivity contribution in [3.05, 3.63) is 78.9 Å². The molecule has 196 valence electrons. The molecule has 0 spiro atoms. The zero-order chi connectivity index (χ0) is 27.9. The molecule has 0 fully saturated rings. The molecule has 0 saturated carbocycles. The number of aromatic hydroxyl groups is 7. The highest BCUT2D eigenvalue weighted by Gasteiger charge is 2.32. The first-order chi connectivity index (χ1) is 19.3. The molecule has 8 nitrogen and oxygen atoms in total. The van der Waals surface area contributed by atoms with Crippen molar-refractivity contribution in [3.63, 3.8) is 0 Å². The summed E-state index contributed by atoms with van der Waals surface area (Å²) in [6.45, 7) is 0. The summed E-state index contributed by atoms with van der Waals surface area (Å²) in [5.41, 5.74) is 1.20. The molecule has 8 heteroatoms. The summed E-state index contributed by atoms with van der Waals surface area (Å²) in [7, 11) is 0. The summed E-state index contributed by atoms with van der Waals surface area (Å²) in [5.74, 6) is -5.91. The van der Waals surface area contributed by atoms with Gasteiger partial charge in [-0.3, -0.25) is 0 Å². The average Bonchev–Trinajstić information content (AvgIpc) is 3.39. The Labute approximate surface area is 225 Å². The van der Waals surface area contributed by atoms with E-state index < -0.39 is 51.4 Å².